The van der Waals surface area contributed by atoms with Crippen LogP contribution < -0.4 is 14.2 Å². The number of fused-ring (bicyclic) bond motifs is 2. The Kier molecular flexibility index (Phi) is 5.79. The first-order valence-electron chi connectivity index (χ1n) is 11.9. The van der Waals surface area contributed by atoms with Crippen molar-refractivity contribution in [1.29, 1.82) is 0 Å². The average Bonchev–Trinajstić information content (AvgIpc) is 3.62. The summed E-state index contributed by atoms with van der Waals surface area (Å²) in [6.45, 7) is 4.66. The van der Waals surface area contributed by atoms with Crippen molar-refractivity contribution in [3.8, 4) is 28.9 Å². The SMILES string of the molecule is Cc1nnc(-c2cc3c(OC[C@@H](O)CN4CCC(c5ccc6c(c5)OCO6)CC4)cccc3o2)o1. The molecule has 1 fully saturated rings. The van der Waals surface area contributed by atoms with Crippen molar-refractivity contribution >= 4 is 11.0 Å². The Labute approximate surface area is 202 Å². The van der Waals surface area contributed by atoms with Gasteiger partial charge in [0.15, 0.2) is 17.3 Å². The van der Waals surface area contributed by atoms with Gasteiger partial charge in [0.05, 0.1) is 5.39 Å². The van der Waals surface area contributed by atoms with Gasteiger partial charge < -0.3 is 33.1 Å². The van der Waals surface area contributed by atoms with E-state index in [1.54, 1.807) is 6.92 Å². The standard InChI is InChI=1S/C26H27N3O6/c1-16-27-28-26(34-16)25-12-20-21(3-2-4-22(20)35-25)31-14-19(30)13-29-9-7-17(8-10-29)18-5-6-23-24(11-18)33-15-32-23/h2-6,11-12,17,19,30H,7-10,13-15H2,1H3/t19-/m0/s1. The van der Waals surface area contributed by atoms with E-state index in [1.807, 2.05) is 30.3 Å². The van der Waals surface area contributed by atoms with Gasteiger partial charge >= 0.3 is 0 Å². The monoisotopic (exact) mass is 477 g/mol. The Morgan fingerprint density at radius 2 is 1.91 bits per heavy atom. The number of aryl methyl sites for hydroxylation is 1. The molecule has 1 atom stereocenters. The van der Waals surface area contributed by atoms with Gasteiger partial charge in [0.1, 0.15) is 24.0 Å². The molecule has 0 amide bonds. The van der Waals surface area contributed by atoms with Gasteiger partial charge in [0.25, 0.3) is 5.89 Å². The molecule has 9 heteroatoms. The van der Waals surface area contributed by atoms with Crippen molar-refractivity contribution in [2.75, 3.05) is 33.0 Å². The third-order valence-electron chi connectivity index (χ3n) is 6.61. The van der Waals surface area contributed by atoms with Crippen LogP contribution in [0.15, 0.2) is 51.3 Å². The Morgan fingerprint density at radius 1 is 1.06 bits per heavy atom. The van der Waals surface area contributed by atoms with Gasteiger partial charge in [-0.25, -0.2) is 0 Å². The summed E-state index contributed by atoms with van der Waals surface area (Å²) < 4.78 is 28.2. The molecule has 182 valence electrons. The highest BCUT2D eigenvalue weighted by Crippen LogP contribution is 2.37. The second kappa shape index (κ2) is 9.24. The molecule has 0 aliphatic carbocycles. The van der Waals surface area contributed by atoms with Crippen molar-refractivity contribution in [3.63, 3.8) is 0 Å². The van der Waals surface area contributed by atoms with Crippen molar-refractivity contribution in [1.82, 2.24) is 15.1 Å². The van der Waals surface area contributed by atoms with Gasteiger partial charge in [-0.2, -0.15) is 0 Å². The number of hydrogen-bond acceptors (Lipinski definition) is 9. The van der Waals surface area contributed by atoms with Crippen LogP contribution in [-0.2, 0) is 0 Å². The highest BCUT2D eigenvalue weighted by Gasteiger charge is 2.24. The topological polar surface area (TPSA) is 103 Å². The number of aromatic nitrogens is 2. The van der Waals surface area contributed by atoms with E-state index in [-0.39, 0.29) is 6.61 Å². The quantitative estimate of drug-likeness (QED) is 0.421. The second-order valence-corrected chi connectivity index (χ2v) is 9.06. The van der Waals surface area contributed by atoms with Gasteiger partial charge in [0.2, 0.25) is 12.7 Å². The summed E-state index contributed by atoms with van der Waals surface area (Å²) in [4.78, 5) is 2.30. The molecule has 0 radical (unpaired) electrons. The van der Waals surface area contributed by atoms with E-state index in [2.05, 4.69) is 27.2 Å². The molecule has 2 aliphatic rings. The normalized spacial score (nSPS) is 17.2. The van der Waals surface area contributed by atoms with Crippen LogP contribution in [0.3, 0.4) is 0 Å². The Morgan fingerprint density at radius 3 is 2.74 bits per heavy atom. The number of aliphatic hydroxyl groups is 1. The highest BCUT2D eigenvalue weighted by molar-refractivity contribution is 5.87. The van der Waals surface area contributed by atoms with Crippen LogP contribution in [0.4, 0.5) is 0 Å². The first-order chi connectivity index (χ1) is 17.1. The molecule has 1 saturated heterocycles. The third kappa shape index (κ3) is 4.56. The largest absolute Gasteiger partial charge is 0.490 e. The maximum Gasteiger partial charge on any atom is 0.283 e. The van der Waals surface area contributed by atoms with Crippen LogP contribution in [-0.4, -0.2) is 59.3 Å². The zero-order valence-electron chi connectivity index (χ0n) is 19.5. The van der Waals surface area contributed by atoms with E-state index in [9.17, 15) is 5.11 Å². The number of aliphatic hydroxyl groups excluding tert-OH is 1. The average molecular weight is 478 g/mol. The van der Waals surface area contributed by atoms with E-state index in [0.29, 0.717) is 48.1 Å². The zero-order chi connectivity index (χ0) is 23.8. The lowest BCUT2D eigenvalue weighted by molar-refractivity contribution is 0.0599. The van der Waals surface area contributed by atoms with Gasteiger partial charge in [0, 0.05) is 19.5 Å². The van der Waals surface area contributed by atoms with Crippen LogP contribution in [0.2, 0.25) is 0 Å². The molecule has 0 unspecified atom stereocenters. The number of likely N-dealkylation sites (tertiary alicyclic amines) is 1. The van der Waals surface area contributed by atoms with Crippen LogP contribution in [0, 0.1) is 6.92 Å². The third-order valence-corrected chi connectivity index (χ3v) is 6.61. The Bertz CT molecular complexity index is 1320. The minimum absolute atomic E-state index is 0.196. The van der Waals surface area contributed by atoms with Crippen LogP contribution in [0.5, 0.6) is 17.2 Å². The second-order valence-electron chi connectivity index (χ2n) is 9.06. The molecule has 2 aliphatic heterocycles. The number of rotatable bonds is 7. The predicted octanol–water partition coefficient (Wildman–Crippen LogP) is 4.14. The summed E-state index contributed by atoms with van der Waals surface area (Å²) in [5.74, 6) is 4.08. The van der Waals surface area contributed by atoms with Crippen LogP contribution >= 0.6 is 0 Å². The number of β-amino-alcohol motifs (C(OH)–C–C–N with tert-alkyl or cyclic N) is 1. The van der Waals surface area contributed by atoms with Gasteiger partial charge in [-0.05, 0) is 61.7 Å². The first-order valence-corrected chi connectivity index (χ1v) is 11.9. The Hall–Kier alpha value is -3.56. The van der Waals surface area contributed by atoms with Gasteiger partial charge in [-0.3, -0.25) is 0 Å². The minimum Gasteiger partial charge on any atom is -0.490 e. The van der Waals surface area contributed by atoms with Crippen LogP contribution in [0.25, 0.3) is 22.6 Å². The van der Waals surface area contributed by atoms with Crippen molar-refractivity contribution < 1.29 is 28.2 Å². The number of piperidine rings is 1. The fourth-order valence-electron chi connectivity index (χ4n) is 4.81. The molecule has 0 saturated carbocycles. The summed E-state index contributed by atoms with van der Waals surface area (Å²) in [7, 11) is 0. The lowest BCUT2D eigenvalue weighted by atomic mass is 9.89. The molecule has 35 heavy (non-hydrogen) atoms. The molecule has 9 nitrogen and oxygen atoms in total. The minimum atomic E-state index is -0.600. The molecule has 2 aromatic carbocycles. The summed E-state index contributed by atoms with van der Waals surface area (Å²) >= 11 is 0. The fraction of sp³-hybridized carbons (Fsp3) is 0.385. The number of benzene rings is 2. The fourth-order valence-corrected chi connectivity index (χ4v) is 4.81. The van der Waals surface area contributed by atoms with E-state index in [0.717, 1.165) is 42.8 Å². The number of furan rings is 1. The van der Waals surface area contributed by atoms with Gasteiger partial charge in [-0.1, -0.05) is 12.1 Å². The number of ether oxygens (including phenoxy) is 3. The van der Waals surface area contributed by atoms with E-state index < -0.39 is 6.10 Å². The molecular weight excluding hydrogens is 450 g/mol. The maximum atomic E-state index is 10.7. The highest BCUT2D eigenvalue weighted by atomic mass is 16.7. The summed E-state index contributed by atoms with van der Waals surface area (Å²) in [5.41, 5.74) is 1.95. The molecule has 6 rings (SSSR count). The lowest BCUT2D eigenvalue weighted by Crippen LogP contribution is -2.40. The van der Waals surface area contributed by atoms with Crippen molar-refractivity contribution in [2.24, 2.45) is 0 Å². The first kappa shape index (κ1) is 21.9. The molecule has 0 spiro atoms. The summed E-state index contributed by atoms with van der Waals surface area (Å²) in [6.07, 6.45) is 1.48. The molecule has 4 aromatic rings. The lowest BCUT2D eigenvalue weighted by Gasteiger charge is -2.33. The van der Waals surface area contributed by atoms with Crippen molar-refractivity contribution in [3.05, 3.63) is 53.9 Å². The predicted molar refractivity (Wildman–Crippen MR) is 127 cm³/mol. The molecule has 4 heterocycles. The number of hydrogen-bond donors (Lipinski definition) is 1. The summed E-state index contributed by atoms with van der Waals surface area (Å²) in [5, 5.41) is 19.3. The van der Waals surface area contributed by atoms with Crippen molar-refractivity contribution in [2.45, 2.75) is 31.8 Å². The molecule has 0 bridgehead atoms. The smallest absolute Gasteiger partial charge is 0.283 e. The zero-order valence-corrected chi connectivity index (χ0v) is 19.5. The maximum absolute atomic E-state index is 10.7. The molecule has 2 aromatic heterocycles. The van der Waals surface area contributed by atoms with E-state index >= 15 is 0 Å². The number of nitrogens with zero attached hydrogens (tertiary/aromatic N) is 3. The van der Waals surface area contributed by atoms with E-state index in [4.69, 9.17) is 23.0 Å². The summed E-state index contributed by atoms with van der Waals surface area (Å²) in [6, 6.07) is 13.6. The Balaban J connectivity index is 1.03. The molecular formula is C26H27N3O6. The van der Waals surface area contributed by atoms with Gasteiger partial charge in [-0.15, -0.1) is 10.2 Å². The molecule has 1 N–H and O–H groups in total. The van der Waals surface area contributed by atoms with Crippen LogP contribution in [0.1, 0.15) is 30.2 Å². The van der Waals surface area contributed by atoms with E-state index in [1.165, 1.54) is 5.56 Å².